The highest BCUT2D eigenvalue weighted by molar-refractivity contribution is 7.85. The molecule has 0 aliphatic heterocycles. The fourth-order valence-electron chi connectivity index (χ4n) is 0.632. The van der Waals surface area contributed by atoms with Gasteiger partial charge < -0.3 is 10.8 Å². The summed E-state index contributed by atoms with van der Waals surface area (Å²) in [5, 5.41) is 8.81. The summed E-state index contributed by atoms with van der Waals surface area (Å²) in [7, 11) is -3.67. The zero-order valence-electron chi connectivity index (χ0n) is 7.71. The smallest absolute Gasteiger partial charge is 0.261 e. The van der Waals surface area contributed by atoms with Crippen LogP contribution in [0.1, 0.15) is 5.56 Å². The molecule has 0 radical (unpaired) electrons. The van der Waals surface area contributed by atoms with Crippen LogP contribution in [0, 0.1) is 0 Å². The lowest BCUT2D eigenvalue weighted by atomic mass is 10.2. The van der Waals surface area contributed by atoms with Crippen molar-refractivity contribution < 1.29 is 18.1 Å². The minimum atomic E-state index is -3.67. The normalized spacial score (nSPS) is 10.2. The molecule has 5 nitrogen and oxygen atoms in total. The molecule has 0 amide bonds. The molecule has 0 heterocycles. The van der Waals surface area contributed by atoms with E-state index in [0.717, 1.165) is 5.56 Å². The zero-order valence-corrected chi connectivity index (χ0v) is 8.53. The Morgan fingerprint density at radius 3 is 1.93 bits per heavy atom. The van der Waals surface area contributed by atoms with Crippen molar-refractivity contribution in [2.45, 2.75) is 6.54 Å². The van der Waals surface area contributed by atoms with E-state index in [1.54, 1.807) is 24.3 Å². The van der Waals surface area contributed by atoms with Crippen LogP contribution in [-0.2, 0) is 16.7 Å². The van der Waals surface area contributed by atoms with Gasteiger partial charge in [0.25, 0.3) is 10.1 Å². The number of rotatable bonds is 1. The highest BCUT2D eigenvalue weighted by Crippen LogP contribution is 2.08. The molecule has 1 aromatic rings. The van der Waals surface area contributed by atoms with Crippen molar-refractivity contribution in [2.24, 2.45) is 5.73 Å². The molecule has 0 fully saturated rings. The summed E-state index contributed by atoms with van der Waals surface area (Å²) in [4.78, 5) is 0. The highest BCUT2D eigenvalue weighted by atomic mass is 32.2. The molecule has 6 heteroatoms. The van der Waals surface area contributed by atoms with E-state index in [4.69, 9.17) is 15.4 Å². The average molecular weight is 219 g/mol. The predicted octanol–water partition coefficient (Wildman–Crippen LogP) is 0.355. The van der Waals surface area contributed by atoms with Gasteiger partial charge in [0.2, 0.25) is 0 Å². The molecule has 14 heavy (non-hydrogen) atoms. The Labute approximate surface area is 82.9 Å². The van der Waals surface area contributed by atoms with Crippen LogP contribution in [0.3, 0.4) is 0 Å². The third-order valence-electron chi connectivity index (χ3n) is 1.17. The first-order valence-electron chi connectivity index (χ1n) is 3.73. The first-order valence-corrected chi connectivity index (χ1v) is 5.58. The second kappa shape index (κ2) is 5.58. The Hall–Kier alpha value is -1.11. The summed E-state index contributed by atoms with van der Waals surface area (Å²) in [6, 6.07) is 6.86. The molecule has 0 atom stereocenters. The fourth-order valence-corrected chi connectivity index (χ4v) is 0.632. The van der Waals surface area contributed by atoms with E-state index in [-0.39, 0.29) is 5.75 Å². The molecule has 0 aliphatic rings. The average Bonchev–Trinajstić information content (AvgIpc) is 2.03. The standard InChI is InChI=1S/C7H9NO.CH4O3S/c8-5-6-1-3-7(9)4-2-6;1-5(2,3)4/h1-4,9H,5,8H2;1H3,(H,2,3,4). The summed E-state index contributed by atoms with van der Waals surface area (Å²) in [6.45, 7) is 0.528. The number of phenols is 1. The zero-order chi connectivity index (χ0) is 11.2. The molecule has 4 N–H and O–H groups in total. The Morgan fingerprint density at radius 2 is 1.64 bits per heavy atom. The quantitative estimate of drug-likeness (QED) is 0.592. The number of phenolic OH excluding ortho intramolecular Hbond substituents is 1. The van der Waals surface area contributed by atoms with Gasteiger partial charge in [0.15, 0.2) is 0 Å². The van der Waals surface area contributed by atoms with Crippen LogP contribution in [0.25, 0.3) is 0 Å². The maximum absolute atomic E-state index is 9.19. The SMILES string of the molecule is CS(=O)(=O)O.NCc1ccc(O)cc1. The second-order valence-corrected chi connectivity index (χ2v) is 4.07. The maximum Gasteiger partial charge on any atom is 0.261 e. The van der Waals surface area contributed by atoms with Crippen LogP contribution in [0.2, 0.25) is 0 Å². The third kappa shape index (κ3) is 8.98. The topological polar surface area (TPSA) is 101 Å². The Morgan fingerprint density at radius 1 is 1.29 bits per heavy atom. The summed E-state index contributed by atoms with van der Waals surface area (Å²) < 4.78 is 25.9. The van der Waals surface area contributed by atoms with Crippen LogP contribution in [0.15, 0.2) is 24.3 Å². The van der Waals surface area contributed by atoms with Crippen molar-refractivity contribution in [3.8, 4) is 5.75 Å². The van der Waals surface area contributed by atoms with Crippen LogP contribution < -0.4 is 5.73 Å². The summed E-state index contributed by atoms with van der Waals surface area (Å²) >= 11 is 0. The van der Waals surface area contributed by atoms with E-state index < -0.39 is 10.1 Å². The van der Waals surface area contributed by atoms with Crippen molar-refractivity contribution in [2.75, 3.05) is 6.26 Å². The summed E-state index contributed by atoms with van der Waals surface area (Å²) in [5.74, 6) is 0.284. The van der Waals surface area contributed by atoms with Gasteiger partial charge in [-0.25, -0.2) is 0 Å². The number of hydrogen-bond donors (Lipinski definition) is 3. The molecule has 0 aromatic heterocycles. The lowest BCUT2D eigenvalue weighted by Gasteiger charge is -1.93. The van der Waals surface area contributed by atoms with Crippen LogP contribution in [-0.4, -0.2) is 24.3 Å². The molecule has 0 saturated carbocycles. The molecule has 0 saturated heterocycles. The fraction of sp³-hybridized carbons (Fsp3) is 0.250. The Kier molecular flexibility index (Phi) is 5.14. The molecular formula is C8H13NO4S. The van der Waals surface area contributed by atoms with Crippen molar-refractivity contribution >= 4 is 10.1 Å². The minimum Gasteiger partial charge on any atom is -0.508 e. The third-order valence-corrected chi connectivity index (χ3v) is 1.17. The predicted molar refractivity (Wildman–Crippen MR) is 53.5 cm³/mol. The van der Waals surface area contributed by atoms with Crippen molar-refractivity contribution in [1.82, 2.24) is 0 Å². The van der Waals surface area contributed by atoms with Gasteiger partial charge in [-0.2, -0.15) is 8.42 Å². The van der Waals surface area contributed by atoms with Crippen LogP contribution in [0.5, 0.6) is 5.75 Å². The first-order chi connectivity index (χ1) is 6.33. The van der Waals surface area contributed by atoms with E-state index in [1.807, 2.05) is 0 Å². The summed E-state index contributed by atoms with van der Waals surface area (Å²) in [6.07, 6.45) is 0.715. The van der Waals surface area contributed by atoms with Crippen LogP contribution in [0.4, 0.5) is 0 Å². The van der Waals surface area contributed by atoms with Gasteiger partial charge in [-0.05, 0) is 17.7 Å². The van der Waals surface area contributed by atoms with E-state index in [2.05, 4.69) is 0 Å². The molecular weight excluding hydrogens is 206 g/mol. The lowest BCUT2D eigenvalue weighted by molar-refractivity contribution is 0.475. The largest absolute Gasteiger partial charge is 0.508 e. The molecule has 0 aliphatic carbocycles. The molecule has 0 unspecified atom stereocenters. The van der Waals surface area contributed by atoms with Gasteiger partial charge in [0.1, 0.15) is 5.75 Å². The van der Waals surface area contributed by atoms with Crippen LogP contribution >= 0.6 is 0 Å². The van der Waals surface area contributed by atoms with Crippen molar-refractivity contribution in [1.29, 1.82) is 0 Å². The van der Waals surface area contributed by atoms with Gasteiger partial charge in [-0.1, -0.05) is 12.1 Å². The number of nitrogens with two attached hydrogens (primary N) is 1. The van der Waals surface area contributed by atoms with E-state index in [0.29, 0.717) is 12.8 Å². The van der Waals surface area contributed by atoms with Gasteiger partial charge in [-0.15, -0.1) is 0 Å². The van der Waals surface area contributed by atoms with Crippen molar-refractivity contribution in [3.63, 3.8) is 0 Å². The number of benzene rings is 1. The van der Waals surface area contributed by atoms with Crippen molar-refractivity contribution in [3.05, 3.63) is 29.8 Å². The van der Waals surface area contributed by atoms with E-state index in [9.17, 15) is 8.42 Å². The molecule has 0 bridgehead atoms. The lowest BCUT2D eigenvalue weighted by Crippen LogP contribution is -1.94. The molecule has 1 aromatic carbocycles. The maximum atomic E-state index is 9.19. The summed E-state index contributed by atoms with van der Waals surface area (Å²) in [5.41, 5.74) is 6.35. The van der Waals surface area contributed by atoms with E-state index >= 15 is 0 Å². The van der Waals surface area contributed by atoms with Gasteiger partial charge in [0.05, 0.1) is 6.26 Å². The second-order valence-electron chi connectivity index (χ2n) is 2.60. The first kappa shape index (κ1) is 12.9. The number of hydrogen-bond acceptors (Lipinski definition) is 4. The minimum absolute atomic E-state index is 0.284. The molecule has 0 spiro atoms. The van der Waals surface area contributed by atoms with Gasteiger partial charge in [-0.3, -0.25) is 4.55 Å². The van der Waals surface area contributed by atoms with E-state index in [1.165, 1.54) is 0 Å². The monoisotopic (exact) mass is 219 g/mol. The molecule has 80 valence electrons. The Balaban J connectivity index is 0.000000292. The molecule has 1 rings (SSSR count). The number of aromatic hydroxyl groups is 1. The Bertz CT molecular complexity index is 349. The highest BCUT2D eigenvalue weighted by Gasteiger charge is 1.86. The van der Waals surface area contributed by atoms with Gasteiger partial charge in [0, 0.05) is 6.54 Å². The van der Waals surface area contributed by atoms with Gasteiger partial charge >= 0.3 is 0 Å².